The Balaban J connectivity index is 1.89. The van der Waals surface area contributed by atoms with Gasteiger partial charge in [-0.05, 0) is 76.4 Å². The van der Waals surface area contributed by atoms with Crippen LogP contribution in [0.1, 0.15) is 49.6 Å². The summed E-state index contributed by atoms with van der Waals surface area (Å²) in [4.78, 5) is 18.6. The van der Waals surface area contributed by atoms with Gasteiger partial charge in [-0.3, -0.25) is 9.78 Å². The lowest BCUT2D eigenvalue weighted by Crippen LogP contribution is -2.15. The van der Waals surface area contributed by atoms with Gasteiger partial charge in [-0.2, -0.15) is 13.5 Å². The number of aryl methyl sites for hydroxylation is 6. The average Bonchev–Trinajstić information content (AvgIpc) is 3.04. The number of carbonyl (C=O) groups is 1. The maximum Gasteiger partial charge on any atom is 0.340 e. The number of rotatable bonds is 5. The van der Waals surface area contributed by atoms with E-state index in [0.29, 0.717) is 11.3 Å². The van der Waals surface area contributed by atoms with Gasteiger partial charge in [0.05, 0.1) is 11.2 Å². The van der Waals surface area contributed by atoms with E-state index in [4.69, 9.17) is 9.17 Å². The molecule has 0 aliphatic heterocycles. The molecule has 0 atom stereocenters. The van der Waals surface area contributed by atoms with Gasteiger partial charge in [-0.1, -0.05) is 23.8 Å². The number of hydrogen-bond acceptors (Lipinski definition) is 6. The van der Waals surface area contributed by atoms with E-state index in [1.165, 1.54) is 16.8 Å². The molecular formula is C26H27N3O4S. The van der Waals surface area contributed by atoms with Crippen LogP contribution in [0.15, 0.2) is 41.3 Å². The smallest absolute Gasteiger partial charge is 0.340 e. The molecular weight excluding hydrogens is 450 g/mol. The molecule has 176 valence electrons. The topological polar surface area (TPSA) is 91.2 Å². The first-order valence-electron chi connectivity index (χ1n) is 10.9. The molecule has 8 heteroatoms. The van der Waals surface area contributed by atoms with Crippen LogP contribution in [-0.2, 0) is 17.2 Å². The van der Waals surface area contributed by atoms with E-state index in [2.05, 4.69) is 5.10 Å². The molecule has 0 fully saturated rings. The van der Waals surface area contributed by atoms with Crippen molar-refractivity contribution in [1.82, 2.24) is 14.8 Å². The Hall–Kier alpha value is -3.52. The van der Waals surface area contributed by atoms with Gasteiger partial charge in [0.2, 0.25) is 11.7 Å². The van der Waals surface area contributed by atoms with Crippen molar-refractivity contribution in [3.8, 4) is 5.88 Å². The van der Waals surface area contributed by atoms with Crippen molar-refractivity contribution in [2.24, 2.45) is 7.05 Å². The molecule has 0 radical (unpaired) electrons. The highest BCUT2D eigenvalue weighted by Gasteiger charge is 2.29. The molecule has 0 saturated heterocycles. The summed E-state index contributed by atoms with van der Waals surface area (Å²) in [7, 11) is -2.62. The summed E-state index contributed by atoms with van der Waals surface area (Å²) in [5.41, 5.74) is 6.43. The highest BCUT2D eigenvalue weighted by molar-refractivity contribution is 7.87. The second-order valence-electron chi connectivity index (χ2n) is 8.67. The molecule has 0 saturated carbocycles. The normalized spacial score (nSPS) is 11.7. The lowest BCUT2D eigenvalue weighted by molar-refractivity contribution is 0.103. The van der Waals surface area contributed by atoms with E-state index >= 15 is 0 Å². The van der Waals surface area contributed by atoms with Gasteiger partial charge in [-0.15, -0.1) is 0 Å². The van der Waals surface area contributed by atoms with E-state index in [0.717, 1.165) is 38.9 Å². The van der Waals surface area contributed by atoms with Gasteiger partial charge in [0.25, 0.3) is 0 Å². The number of aromatic nitrogens is 3. The summed E-state index contributed by atoms with van der Waals surface area (Å²) >= 11 is 0. The van der Waals surface area contributed by atoms with Crippen molar-refractivity contribution in [3.05, 3.63) is 81.2 Å². The van der Waals surface area contributed by atoms with Crippen LogP contribution in [0.5, 0.6) is 5.88 Å². The molecule has 2 aromatic heterocycles. The summed E-state index contributed by atoms with van der Waals surface area (Å²) in [5, 5.41) is 5.05. The van der Waals surface area contributed by atoms with Crippen molar-refractivity contribution in [2.45, 2.75) is 46.4 Å². The Morgan fingerprint density at radius 1 is 0.882 bits per heavy atom. The summed E-state index contributed by atoms with van der Waals surface area (Å²) in [6, 6.07) is 9.94. The zero-order valence-electron chi connectivity index (χ0n) is 20.3. The van der Waals surface area contributed by atoms with Crippen molar-refractivity contribution in [3.63, 3.8) is 0 Å². The molecule has 7 nitrogen and oxygen atoms in total. The first-order valence-corrected chi connectivity index (χ1v) is 12.3. The quantitative estimate of drug-likeness (QED) is 0.302. The summed E-state index contributed by atoms with van der Waals surface area (Å²) in [6.45, 7) is 11.4. The third-order valence-corrected chi connectivity index (χ3v) is 7.51. The summed E-state index contributed by atoms with van der Waals surface area (Å²) in [6.07, 6.45) is 0. The van der Waals surface area contributed by atoms with Crippen LogP contribution in [0.3, 0.4) is 0 Å². The van der Waals surface area contributed by atoms with E-state index in [1.54, 1.807) is 32.2 Å². The maximum absolute atomic E-state index is 13.9. The van der Waals surface area contributed by atoms with Crippen LogP contribution in [0, 0.1) is 41.5 Å². The third kappa shape index (κ3) is 3.88. The number of ketones is 1. The van der Waals surface area contributed by atoms with Gasteiger partial charge >= 0.3 is 10.1 Å². The minimum atomic E-state index is -4.17. The zero-order valence-corrected chi connectivity index (χ0v) is 21.2. The fourth-order valence-electron chi connectivity index (χ4n) is 4.10. The standard InChI is InChI=1S/C26H27N3O4S/c1-14-8-11-20(12-9-14)34(31,32)33-26-23(19(6)28-29(26)7)25(30)21-13-10-15(2)24-22(21)17(4)16(3)18(5)27-24/h8-13H,1-7H3. The highest BCUT2D eigenvalue weighted by Crippen LogP contribution is 2.33. The molecule has 0 aliphatic carbocycles. The van der Waals surface area contributed by atoms with E-state index in [1.807, 2.05) is 40.7 Å². The van der Waals surface area contributed by atoms with Crippen molar-refractivity contribution in [1.29, 1.82) is 0 Å². The van der Waals surface area contributed by atoms with Gasteiger partial charge in [-0.25, -0.2) is 4.68 Å². The third-order valence-electron chi connectivity index (χ3n) is 6.28. The largest absolute Gasteiger partial charge is 0.358 e. The Labute approximate surface area is 199 Å². The van der Waals surface area contributed by atoms with Crippen molar-refractivity contribution >= 4 is 26.8 Å². The zero-order chi connectivity index (χ0) is 24.9. The van der Waals surface area contributed by atoms with E-state index in [-0.39, 0.29) is 22.1 Å². The van der Waals surface area contributed by atoms with Gasteiger partial charge in [0, 0.05) is 23.7 Å². The molecule has 0 amide bonds. The highest BCUT2D eigenvalue weighted by atomic mass is 32.2. The Kier molecular flexibility index (Phi) is 5.81. The van der Waals surface area contributed by atoms with Crippen molar-refractivity contribution in [2.75, 3.05) is 0 Å². The fraction of sp³-hybridized carbons (Fsp3) is 0.269. The van der Waals surface area contributed by atoms with Crippen LogP contribution >= 0.6 is 0 Å². The minimum absolute atomic E-state index is 0.00211. The van der Waals surface area contributed by atoms with E-state index < -0.39 is 10.1 Å². The molecule has 0 spiro atoms. The van der Waals surface area contributed by atoms with Crippen LogP contribution in [0.25, 0.3) is 10.9 Å². The molecule has 0 unspecified atom stereocenters. The first-order chi connectivity index (χ1) is 15.9. The monoisotopic (exact) mass is 477 g/mol. The minimum Gasteiger partial charge on any atom is -0.358 e. The van der Waals surface area contributed by atoms with Gasteiger partial charge in [0.1, 0.15) is 10.5 Å². The Morgan fingerprint density at radius 2 is 1.53 bits per heavy atom. The maximum atomic E-state index is 13.9. The van der Waals surface area contributed by atoms with Crippen LogP contribution in [0.4, 0.5) is 0 Å². The van der Waals surface area contributed by atoms with Crippen molar-refractivity contribution < 1.29 is 17.4 Å². The number of hydrogen-bond donors (Lipinski definition) is 0. The number of pyridine rings is 1. The lowest BCUT2D eigenvalue weighted by atomic mass is 9.92. The molecule has 0 aliphatic rings. The number of nitrogens with zero attached hydrogens (tertiary/aromatic N) is 3. The lowest BCUT2D eigenvalue weighted by Gasteiger charge is -2.15. The molecule has 2 aromatic carbocycles. The Morgan fingerprint density at radius 3 is 2.18 bits per heavy atom. The summed E-state index contributed by atoms with van der Waals surface area (Å²) < 4.78 is 32.8. The molecule has 0 N–H and O–H groups in total. The molecule has 34 heavy (non-hydrogen) atoms. The number of carbonyl (C=O) groups excluding carboxylic acids is 1. The SMILES string of the molecule is Cc1ccc(S(=O)(=O)Oc2c(C(=O)c3ccc(C)c4nc(C)c(C)c(C)c34)c(C)nn2C)cc1. The number of fused-ring (bicyclic) bond motifs is 1. The first kappa shape index (κ1) is 23.6. The molecule has 0 bridgehead atoms. The summed E-state index contributed by atoms with van der Waals surface area (Å²) in [5.74, 6) is -0.482. The van der Waals surface area contributed by atoms with Gasteiger partial charge in [0.15, 0.2) is 0 Å². The average molecular weight is 478 g/mol. The van der Waals surface area contributed by atoms with Crippen LogP contribution in [-0.4, -0.2) is 29.0 Å². The number of benzene rings is 2. The molecule has 4 aromatic rings. The predicted molar refractivity (Wildman–Crippen MR) is 131 cm³/mol. The second kappa shape index (κ2) is 8.36. The second-order valence-corrected chi connectivity index (χ2v) is 10.2. The predicted octanol–water partition coefficient (Wildman–Crippen LogP) is 4.82. The Bertz CT molecular complexity index is 1570. The van der Waals surface area contributed by atoms with Crippen LogP contribution < -0.4 is 4.18 Å². The fourth-order valence-corrected chi connectivity index (χ4v) is 5.07. The molecule has 2 heterocycles. The van der Waals surface area contributed by atoms with Crippen LogP contribution in [0.2, 0.25) is 0 Å². The van der Waals surface area contributed by atoms with Gasteiger partial charge < -0.3 is 4.18 Å². The van der Waals surface area contributed by atoms with E-state index in [9.17, 15) is 13.2 Å². The molecule has 4 rings (SSSR count).